The van der Waals surface area contributed by atoms with E-state index in [0.29, 0.717) is 29.8 Å². The minimum Gasteiger partial charge on any atom is -0.260 e. The smallest absolute Gasteiger partial charge is 0.163 e. The van der Waals surface area contributed by atoms with Crippen molar-refractivity contribution in [3.8, 4) is 34.0 Å². The fraction of sp³-hybridized carbons (Fsp3) is 0.125. The van der Waals surface area contributed by atoms with Gasteiger partial charge in [-0.3, -0.25) is 4.98 Å². The first-order valence-corrected chi connectivity index (χ1v) is 21.2. The predicted molar refractivity (Wildman–Crippen MR) is 252 cm³/mol. The van der Waals surface area contributed by atoms with Crippen LogP contribution >= 0.6 is 0 Å². The minimum atomic E-state index is -0.283. The van der Waals surface area contributed by atoms with Gasteiger partial charge in [-0.05, 0) is 87.6 Å². The highest BCUT2D eigenvalue weighted by Crippen LogP contribution is 2.39. The molecule has 0 radical (unpaired) electrons. The van der Waals surface area contributed by atoms with E-state index in [9.17, 15) is 0 Å². The maximum Gasteiger partial charge on any atom is 0.163 e. The van der Waals surface area contributed by atoms with Crippen LogP contribution in [0, 0.1) is 5.92 Å². The summed E-state index contributed by atoms with van der Waals surface area (Å²) in [5.41, 5.74) is 12.0. The van der Waals surface area contributed by atoms with Crippen molar-refractivity contribution in [1.29, 1.82) is 0 Å². The Bertz CT molecular complexity index is 3030. The Balaban J connectivity index is 1.14. The van der Waals surface area contributed by atoms with E-state index in [1.165, 1.54) is 49.4 Å². The summed E-state index contributed by atoms with van der Waals surface area (Å²) >= 11 is 0. The monoisotopic (exact) mass is 787 g/mol. The number of benzene rings is 6. The summed E-state index contributed by atoms with van der Waals surface area (Å²) in [6, 6.07) is 48.7. The zero-order chi connectivity index (χ0) is 41.1. The minimum absolute atomic E-state index is 0.283. The zero-order valence-electron chi connectivity index (χ0n) is 34.4. The van der Waals surface area contributed by atoms with Gasteiger partial charge in [0, 0.05) is 16.7 Å². The Morgan fingerprint density at radius 2 is 1.20 bits per heavy atom. The first-order chi connectivity index (χ1) is 30.1. The molecule has 10 rings (SSSR count). The molecule has 2 heterocycles. The first kappa shape index (κ1) is 37.9. The molecule has 0 amide bonds. The number of rotatable bonds is 7. The summed E-state index contributed by atoms with van der Waals surface area (Å²) in [5.74, 6) is 2.20. The van der Waals surface area contributed by atoms with Crippen molar-refractivity contribution >= 4 is 38.3 Å². The van der Waals surface area contributed by atoms with Crippen LogP contribution in [0.25, 0.3) is 72.3 Å². The molecule has 6 aromatic carbocycles. The maximum atomic E-state index is 5.37. The van der Waals surface area contributed by atoms with E-state index in [-0.39, 0.29) is 5.92 Å². The SMILES string of the molecule is CC1=C(c2ccccc2-c2cncc(/C3=C/C/C(c4cc5ccccc5c5ccccc45)=C\C(c4nc(-c5ccccc5)nc(-c5ccccc5)n4)C=C3)n2)CC=CC(C)C1. The molecule has 0 aliphatic heterocycles. The predicted octanol–water partition coefficient (Wildman–Crippen LogP) is 13.9. The first-order valence-electron chi connectivity index (χ1n) is 21.2. The molecule has 294 valence electrons. The summed E-state index contributed by atoms with van der Waals surface area (Å²) in [6.45, 7) is 4.57. The van der Waals surface area contributed by atoms with Crippen LogP contribution < -0.4 is 0 Å². The molecular formula is C56H45N5. The molecular weight excluding hydrogens is 743 g/mol. The lowest BCUT2D eigenvalue weighted by atomic mass is 9.88. The van der Waals surface area contributed by atoms with E-state index < -0.39 is 0 Å². The van der Waals surface area contributed by atoms with Crippen LogP contribution in [0.2, 0.25) is 0 Å². The van der Waals surface area contributed by atoms with Crippen molar-refractivity contribution in [3.05, 3.63) is 217 Å². The Kier molecular flexibility index (Phi) is 10.4. The number of nitrogens with zero attached hydrogens (tertiary/aromatic N) is 5. The lowest BCUT2D eigenvalue weighted by Gasteiger charge is -2.19. The van der Waals surface area contributed by atoms with E-state index in [1.807, 2.05) is 48.8 Å². The Labute approximate surface area is 357 Å². The fourth-order valence-electron chi connectivity index (χ4n) is 8.89. The van der Waals surface area contributed by atoms with Crippen molar-refractivity contribution in [1.82, 2.24) is 24.9 Å². The molecule has 2 atom stereocenters. The van der Waals surface area contributed by atoms with E-state index in [4.69, 9.17) is 24.9 Å². The van der Waals surface area contributed by atoms with Gasteiger partial charge in [-0.15, -0.1) is 0 Å². The highest BCUT2D eigenvalue weighted by molar-refractivity contribution is 6.12. The third kappa shape index (κ3) is 7.79. The van der Waals surface area contributed by atoms with Gasteiger partial charge >= 0.3 is 0 Å². The summed E-state index contributed by atoms with van der Waals surface area (Å²) in [7, 11) is 0. The number of hydrogen-bond acceptors (Lipinski definition) is 5. The molecule has 5 nitrogen and oxygen atoms in total. The summed E-state index contributed by atoms with van der Waals surface area (Å²) in [5, 5.41) is 4.89. The second-order valence-electron chi connectivity index (χ2n) is 16.1. The standard InChI is InChI=1S/C56H45N5/c1-37-16-15-27-45(38(2)32-37)47-23-13-14-26-50(47)53-36-57-35-52(58-53)39-28-30-43(51-34-42-21-9-10-22-46(42)48-24-11-12-25-49(48)51)33-44(31-29-39)56-60-54(40-17-5-3-6-18-40)59-55(61-56)41-19-7-4-8-20-41/h3-26,28-29,31,33-37,44H,27,30,32H2,1-2H3/b31-29?,39-28+,43-33+. The number of aromatic nitrogens is 5. The topological polar surface area (TPSA) is 64.5 Å². The summed E-state index contributed by atoms with van der Waals surface area (Å²) < 4.78 is 0. The third-order valence-corrected chi connectivity index (χ3v) is 11.9. The van der Waals surface area contributed by atoms with E-state index >= 15 is 0 Å². The Hall–Kier alpha value is -7.37. The van der Waals surface area contributed by atoms with Crippen LogP contribution in [0.1, 0.15) is 61.7 Å². The van der Waals surface area contributed by atoms with Crippen LogP contribution in [0.4, 0.5) is 0 Å². The van der Waals surface area contributed by atoms with Crippen LogP contribution in [-0.4, -0.2) is 24.9 Å². The van der Waals surface area contributed by atoms with Gasteiger partial charge in [0.05, 0.1) is 29.7 Å². The third-order valence-electron chi connectivity index (χ3n) is 11.9. The van der Waals surface area contributed by atoms with Gasteiger partial charge in [0.2, 0.25) is 0 Å². The second kappa shape index (κ2) is 16.7. The van der Waals surface area contributed by atoms with Crippen molar-refractivity contribution in [2.75, 3.05) is 0 Å². The molecule has 0 saturated heterocycles. The molecule has 2 aromatic heterocycles. The van der Waals surface area contributed by atoms with Crippen molar-refractivity contribution in [2.24, 2.45) is 5.92 Å². The quantitative estimate of drug-likeness (QED) is 0.119. The van der Waals surface area contributed by atoms with Gasteiger partial charge in [0.15, 0.2) is 11.6 Å². The average Bonchev–Trinajstić information content (AvgIpc) is 3.48. The van der Waals surface area contributed by atoms with E-state index in [1.54, 1.807) is 0 Å². The van der Waals surface area contributed by atoms with Crippen molar-refractivity contribution in [2.45, 2.75) is 39.0 Å². The Morgan fingerprint density at radius 1 is 0.557 bits per heavy atom. The largest absolute Gasteiger partial charge is 0.260 e. The molecule has 2 unspecified atom stereocenters. The summed E-state index contributed by atoms with van der Waals surface area (Å²) in [4.78, 5) is 25.6. The molecule has 0 fully saturated rings. The maximum absolute atomic E-state index is 5.37. The van der Waals surface area contributed by atoms with Crippen LogP contribution in [0.5, 0.6) is 0 Å². The number of hydrogen-bond donors (Lipinski definition) is 0. The molecule has 0 spiro atoms. The molecule has 2 aliphatic carbocycles. The molecule has 61 heavy (non-hydrogen) atoms. The molecule has 0 saturated carbocycles. The summed E-state index contributed by atoms with van der Waals surface area (Å²) in [6.07, 6.45) is 20.1. The van der Waals surface area contributed by atoms with Crippen LogP contribution in [0.15, 0.2) is 194 Å². The van der Waals surface area contributed by atoms with Gasteiger partial charge in [0.1, 0.15) is 5.82 Å². The number of allylic oxidation sites excluding steroid dienone is 10. The second-order valence-corrected chi connectivity index (χ2v) is 16.1. The number of fused-ring (bicyclic) bond motifs is 3. The van der Waals surface area contributed by atoms with Gasteiger partial charge < -0.3 is 0 Å². The lowest BCUT2D eigenvalue weighted by molar-refractivity contribution is 0.721. The molecule has 0 N–H and O–H groups in total. The van der Waals surface area contributed by atoms with E-state index in [0.717, 1.165) is 46.5 Å². The normalized spacial score (nSPS) is 18.5. The van der Waals surface area contributed by atoms with Gasteiger partial charge in [0.25, 0.3) is 0 Å². The fourth-order valence-corrected chi connectivity index (χ4v) is 8.89. The van der Waals surface area contributed by atoms with Crippen LogP contribution in [-0.2, 0) is 0 Å². The zero-order valence-corrected chi connectivity index (χ0v) is 34.4. The van der Waals surface area contributed by atoms with Gasteiger partial charge in [-0.2, -0.15) is 0 Å². The highest BCUT2D eigenvalue weighted by Gasteiger charge is 2.21. The van der Waals surface area contributed by atoms with Crippen molar-refractivity contribution in [3.63, 3.8) is 0 Å². The molecule has 0 bridgehead atoms. The Morgan fingerprint density at radius 3 is 1.95 bits per heavy atom. The lowest BCUT2D eigenvalue weighted by Crippen LogP contribution is -2.07. The molecule has 5 heteroatoms. The van der Waals surface area contributed by atoms with Gasteiger partial charge in [-0.25, -0.2) is 19.9 Å². The van der Waals surface area contributed by atoms with E-state index in [2.05, 4.69) is 153 Å². The highest BCUT2D eigenvalue weighted by atomic mass is 15.0. The van der Waals surface area contributed by atoms with Crippen LogP contribution in [0.3, 0.4) is 0 Å². The van der Waals surface area contributed by atoms with Crippen molar-refractivity contribution < 1.29 is 0 Å². The van der Waals surface area contributed by atoms with Gasteiger partial charge in [-0.1, -0.05) is 182 Å². The molecule has 2 aliphatic rings. The molecule has 8 aromatic rings. The average molecular weight is 788 g/mol.